The molecule has 2 heteroatoms. The number of allylic oxidation sites excluding steroid dienone is 1. The van der Waals surface area contributed by atoms with Crippen LogP contribution < -0.4 is 5.32 Å². The molecule has 1 N–H and O–H groups in total. The van der Waals surface area contributed by atoms with E-state index in [0.717, 1.165) is 5.69 Å². The summed E-state index contributed by atoms with van der Waals surface area (Å²) < 4.78 is 0. The molecule has 0 amide bonds. The maximum Gasteiger partial charge on any atom is 0.165 e. The van der Waals surface area contributed by atoms with E-state index in [1.54, 1.807) is 12.1 Å². The molecule has 0 atom stereocenters. The Labute approximate surface area is 65.5 Å². The number of anilines is 1. The second-order valence-corrected chi connectivity index (χ2v) is 2.06. The molecule has 2 nitrogen and oxygen atoms in total. The Balaban J connectivity index is 2.65. The fraction of sp³-hybridized carbons (Fsp3) is 0. The van der Waals surface area contributed by atoms with Crippen molar-refractivity contribution in [3.05, 3.63) is 42.6 Å². The van der Waals surface area contributed by atoms with Crippen molar-refractivity contribution < 1.29 is 4.79 Å². The lowest BCUT2D eigenvalue weighted by Crippen LogP contribution is -1.97. The van der Waals surface area contributed by atoms with Crippen molar-refractivity contribution in [1.82, 2.24) is 0 Å². The van der Waals surface area contributed by atoms with Crippen molar-refractivity contribution in [2.45, 2.75) is 0 Å². The number of carbonyl (C=O) groups is 1. The van der Waals surface area contributed by atoms with Crippen LogP contribution in [0.4, 0.5) is 5.69 Å². The Kier molecular flexibility index (Phi) is 2.44. The summed E-state index contributed by atoms with van der Waals surface area (Å²) in [6, 6.07) is 10.1. The average molecular weight is 146 g/mol. The smallest absolute Gasteiger partial charge is 0.165 e. The van der Waals surface area contributed by atoms with Gasteiger partial charge in [-0.05, 0) is 18.2 Å². The van der Waals surface area contributed by atoms with Gasteiger partial charge < -0.3 is 5.32 Å². The molecule has 55 valence electrons. The molecule has 1 aromatic carbocycles. The van der Waals surface area contributed by atoms with Crippen molar-refractivity contribution in [2.24, 2.45) is 0 Å². The normalized spacial score (nSPS) is 8.73. The molecule has 1 aromatic rings. The second-order valence-electron chi connectivity index (χ2n) is 2.06. The van der Waals surface area contributed by atoms with Gasteiger partial charge in [0.05, 0.1) is 5.70 Å². The molecule has 1 rings (SSSR count). The summed E-state index contributed by atoms with van der Waals surface area (Å²) in [6.07, 6.45) is 0.674. The minimum Gasteiger partial charge on any atom is -0.353 e. The molecule has 0 spiro atoms. The highest BCUT2D eigenvalue weighted by atomic mass is 16.1. The molecule has 1 radical (unpaired) electrons. The molecule has 0 saturated heterocycles. The zero-order valence-corrected chi connectivity index (χ0v) is 6.00. The first kappa shape index (κ1) is 7.54. The van der Waals surface area contributed by atoms with Crippen LogP contribution in [0.15, 0.2) is 36.5 Å². The third kappa shape index (κ3) is 2.26. The number of hydrogen-bond acceptors (Lipinski definition) is 2. The Morgan fingerprint density at radius 1 is 1.73 bits per heavy atom. The summed E-state index contributed by atoms with van der Waals surface area (Å²) in [5.74, 6) is 0. The van der Waals surface area contributed by atoms with Gasteiger partial charge in [-0.15, -0.1) is 0 Å². The minimum atomic E-state index is 0.351. The van der Waals surface area contributed by atoms with Gasteiger partial charge in [-0.25, -0.2) is 0 Å². The third-order valence-electron chi connectivity index (χ3n) is 1.15. The average Bonchev–Trinajstić information content (AvgIpc) is 2.06. The van der Waals surface area contributed by atoms with Crippen molar-refractivity contribution in [2.75, 3.05) is 5.32 Å². The Morgan fingerprint density at radius 3 is 3.09 bits per heavy atom. The molecule has 11 heavy (non-hydrogen) atoms. The fourth-order valence-electron chi connectivity index (χ4n) is 0.686. The standard InChI is InChI=1S/C9H8NO/c1-8(7-11)10-9-5-3-2-4-6-9/h2-3,5-7,10H,1H2. The lowest BCUT2D eigenvalue weighted by molar-refractivity contribution is -0.104. The molecule has 0 heterocycles. The molecule has 0 saturated carbocycles. The summed E-state index contributed by atoms with van der Waals surface area (Å²) in [6.45, 7) is 3.48. The van der Waals surface area contributed by atoms with E-state index >= 15 is 0 Å². The van der Waals surface area contributed by atoms with Crippen LogP contribution in [0.1, 0.15) is 0 Å². The number of aldehydes is 1. The van der Waals surface area contributed by atoms with Crippen LogP contribution in [0.5, 0.6) is 0 Å². The van der Waals surface area contributed by atoms with E-state index in [1.807, 2.05) is 12.1 Å². The summed E-state index contributed by atoms with van der Waals surface area (Å²) in [7, 11) is 0. The van der Waals surface area contributed by atoms with Gasteiger partial charge in [0.1, 0.15) is 0 Å². The van der Waals surface area contributed by atoms with Gasteiger partial charge in [-0.1, -0.05) is 18.7 Å². The lowest BCUT2D eigenvalue weighted by atomic mass is 10.3. The monoisotopic (exact) mass is 146 g/mol. The van der Waals surface area contributed by atoms with Crippen LogP contribution in [-0.4, -0.2) is 6.29 Å². The summed E-state index contributed by atoms with van der Waals surface area (Å²) in [4.78, 5) is 10.1. The number of benzene rings is 1. The lowest BCUT2D eigenvalue weighted by Gasteiger charge is -2.01. The maximum atomic E-state index is 10.1. The van der Waals surface area contributed by atoms with E-state index in [-0.39, 0.29) is 0 Å². The Morgan fingerprint density at radius 2 is 2.55 bits per heavy atom. The first-order valence-electron chi connectivity index (χ1n) is 3.20. The zero-order valence-electron chi connectivity index (χ0n) is 6.00. The summed E-state index contributed by atoms with van der Waals surface area (Å²) >= 11 is 0. The quantitative estimate of drug-likeness (QED) is 0.518. The summed E-state index contributed by atoms with van der Waals surface area (Å²) in [5, 5.41) is 2.80. The molecule has 0 aliphatic carbocycles. The van der Waals surface area contributed by atoms with E-state index in [9.17, 15) is 4.79 Å². The first-order valence-corrected chi connectivity index (χ1v) is 3.20. The van der Waals surface area contributed by atoms with E-state index in [0.29, 0.717) is 12.0 Å². The molecule has 0 fully saturated rings. The number of hydrogen-bond donors (Lipinski definition) is 1. The van der Waals surface area contributed by atoms with Gasteiger partial charge in [0.15, 0.2) is 6.29 Å². The minimum absolute atomic E-state index is 0.351. The topological polar surface area (TPSA) is 29.1 Å². The van der Waals surface area contributed by atoms with E-state index < -0.39 is 0 Å². The van der Waals surface area contributed by atoms with Gasteiger partial charge in [-0.3, -0.25) is 4.79 Å². The maximum absolute atomic E-state index is 10.1. The van der Waals surface area contributed by atoms with Gasteiger partial charge in [0.25, 0.3) is 0 Å². The second kappa shape index (κ2) is 3.56. The molecule has 0 aliphatic rings. The Hall–Kier alpha value is -1.57. The Bertz CT molecular complexity index is 254. The van der Waals surface area contributed by atoms with Crippen LogP contribution in [0.25, 0.3) is 0 Å². The van der Waals surface area contributed by atoms with Crippen LogP contribution >= 0.6 is 0 Å². The number of nitrogens with one attached hydrogen (secondary N) is 1. The van der Waals surface area contributed by atoms with Gasteiger partial charge >= 0.3 is 0 Å². The molecule has 0 aromatic heterocycles. The van der Waals surface area contributed by atoms with Crippen molar-refractivity contribution in [3.8, 4) is 0 Å². The highest BCUT2D eigenvalue weighted by Gasteiger charge is 1.90. The molecular formula is C9H8NO. The fourth-order valence-corrected chi connectivity index (χ4v) is 0.686. The SMILES string of the molecule is C=C(C=O)Nc1c[c]ccc1. The number of carbonyl (C=O) groups excluding carboxylic acids is 1. The van der Waals surface area contributed by atoms with Crippen molar-refractivity contribution >= 4 is 12.0 Å². The third-order valence-corrected chi connectivity index (χ3v) is 1.15. The molecule has 0 aliphatic heterocycles. The largest absolute Gasteiger partial charge is 0.353 e. The van der Waals surface area contributed by atoms with Crippen molar-refractivity contribution in [1.29, 1.82) is 0 Å². The van der Waals surface area contributed by atoms with E-state index in [1.165, 1.54) is 0 Å². The van der Waals surface area contributed by atoms with Crippen LogP contribution in [0.3, 0.4) is 0 Å². The van der Waals surface area contributed by atoms with Gasteiger partial charge in [-0.2, -0.15) is 0 Å². The predicted molar refractivity (Wildman–Crippen MR) is 44.1 cm³/mol. The van der Waals surface area contributed by atoms with E-state index in [2.05, 4.69) is 18.0 Å². The summed E-state index contributed by atoms with van der Waals surface area (Å²) in [5.41, 5.74) is 1.18. The predicted octanol–water partition coefficient (Wildman–Crippen LogP) is 1.61. The van der Waals surface area contributed by atoms with Gasteiger partial charge in [0.2, 0.25) is 0 Å². The zero-order chi connectivity index (χ0) is 8.10. The molecule has 0 unspecified atom stereocenters. The van der Waals surface area contributed by atoms with E-state index in [4.69, 9.17) is 0 Å². The van der Waals surface area contributed by atoms with Crippen LogP contribution in [-0.2, 0) is 4.79 Å². The van der Waals surface area contributed by atoms with Crippen LogP contribution in [0, 0.1) is 6.07 Å². The first-order chi connectivity index (χ1) is 5.33. The highest BCUT2D eigenvalue weighted by Crippen LogP contribution is 2.05. The van der Waals surface area contributed by atoms with Crippen LogP contribution in [0.2, 0.25) is 0 Å². The molecule has 0 bridgehead atoms. The van der Waals surface area contributed by atoms with Gasteiger partial charge in [0, 0.05) is 5.69 Å². The van der Waals surface area contributed by atoms with Crippen molar-refractivity contribution in [3.63, 3.8) is 0 Å². The number of rotatable bonds is 3. The molecular weight excluding hydrogens is 138 g/mol. The highest BCUT2D eigenvalue weighted by molar-refractivity contribution is 5.77.